The molecular formula is C11H9FN4S2. The van der Waals surface area contributed by atoms with Crippen LogP contribution in [-0.4, -0.2) is 17.2 Å². The average Bonchev–Trinajstić information content (AvgIpc) is 2.85. The van der Waals surface area contributed by atoms with Crippen LogP contribution in [0.4, 0.5) is 9.52 Å². The lowest BCUT2D eigenvalue weighted by atomic mass is 10.1. The van der Waals surface area contributed by atoms with E-state index in [1.54, 1.807) is 19.2 Å². The molecule has 1 N–H and O–H groups in total. The number of benzene rings is 1. The first-order valence-electron chi connectivity index (χ1n) is 5.05. The zero-order valence-electron chi connectivity index (χ0n) is 9.48. The lowest BCUT2D eigenvalue weighted by Crippen LogP contribution is -1.89. The molecule has 2 aromatic rings. The Balaban J connectivity index is 2.04. The van der Waals surface area contributed by atoms with Gasteiger partial charge in [-0.05, 0) is 17.7 Å². The Hall–Kier alpha value is -1.65. The molecule has 18 heavy (non-hydrogen) atoms. The number of hydrogen-bond acceptors (Lipinski definition) is 6. The molecular weight excluding hydrogens is 271 g/mol. The average molecular weight is 280 g/mol. The third kappa shape index (κ3) is 2.97. The summed E-state index contributed by atoms with van der Waals surface area (Å²) in [5.74, 6) is 0.107. The van der Waals surface area contributed by atoms with Gasteiger partial charge in [-0.1, -0.05) is 29.2 Å². The maximum Gasteiger partial charge on any atom is 0.206 e. The molecule has 2 rings (SSSR count). The van der Waals surface area contributed by atoms with Crippen molar-refractivity contribution in [1.82, 2.24) is 10.2 Å². The van der Waals surface area contributed by atoms with Crippen LogP contribution >= 0.6 is 23.1 Å². The minimum absolute atomic E-state index is 0.328. The lowest BCUT2D eigenvalue weighted by Gasteiger charge is -2.01. The molecule has 0 atom stereocenters. The van der Waals surface area contributed by atoms with E-state index >= 15 is 0 Å². The van der Waals surface area contributed by atoms with E-state index < -0.39 is 0 Å². The van der Waals surface area contributed by atoms with E-state index in [9.17, 15) is 4.39 Å². The van der Waals surface area contributed by atoms with Crippen molar-refractivity contribution in [3.05, 3.63) is 35.1 Å². The molecule has 1 aromatic carbocycles. The Morgan fingerprint density at radius 3 is 2.94 bits per heavy atom. The number of halogens is 1. The number of nitrogens with one attached hydrogen (secondary N) is 1. The number of aromatic nitrogens is 2. The van der Waals surface area contributed by atoms with E-state index in [1.807, 2.05) is 6.07 Å². The summed E-state index contributed by atoms with van der Waals surface area (Å²) in [6.45, 7) is 0. The summed E-state index contributed by atoms with van der Waals surface area (Å²) in [5.41, 5.74) is 0.884. The van der Waals surface area contributed by atoms with Gasteiger partial charge in [0.1, 0.15) is 5.82 Å². The fourth-order valence-electron chi connectivity index (χ4n) is 1.24. The number of nitriles is 1. The van der Waals surface area contributed by atoms with Crippen molar-refractivity contribution in [1.29, 1.82) is 5.26 Å². The first kappa shape index (κ1) is 12.8. The van der Waals surface area contributed by atoms with Crippen molar-refractivity contribution in [3.63, 3.8) is 0 Å². The fourth-order valence-corrected chi connectivity index (χ4v) is 2.93. The van der Waals surface area contributed by atoms with Crippen LogP contribution in [0.15, 0.2) is 22.5 Å². The van der Waals surface area contributed by atoms with E-state index in [-0.39, 0.29) is 5.82 Å². The number of hydrogen-bond donors (Lipinski definition) is 1. The second-order valence-corrected chi connectivity index (χ2v) is 5.53. The predicted octanol–water partition coefficient (Wildman–Crippen LogP) is 2.88. The highest BCUT2D eigenvalue weighted by atomic mass is 32.2. The molecule has 0 amide bonds. The van der Waals surface area contributed by atoms with Crippen LogP contribution in [0.1, 0.15) is 11.1 Å². The largest absolute Gasteiger partial charge is 0.363 e. The summed E-state index contributed by atoms with van der Waals surface area (Å²) in [6.07, 6.45) is 0. The standard InChI is InChI=1S/C11H9FN4S2/c1-14-10-15-16-11(18-10)17-6-8-3-2-7(5-13)4-9(8)12/h2-4H,6H2,1H3,(H,14,15). The molecule has 0 unspecified atom stereocenters. The van der Waals surface area contributed by atoms with Crippen molar-refractivity contribution >= 4 is 28.2 Å². The molecule has 0 aliphatic rings. The summed E-state index contributed by atoms with van der Waals surface area (Å²) in [6, 6.07) is 6.38. The molecule has 1 heterocycles. The summed E-state index contributed by atoms with van der Waals surface area (Å²) < 4.78 is 14.4. The normalized spacial score (nSPS) is 10.1. The maximum absolute atomic E-state index is 13.6. The van der Waals surface area contributed by atoms with Crippen LogP contribution in [0.3, 0.4) is 0 Å². The van der Waals surface area contributed by atoms with Crippen molar-refractivity contribution < 1.29 is 4.39 Å². The van der Waals surface area contributed by atoms with E-state index in [2.05, 4.69) is 15.5 Å². The topological polar surface area (TPSA) is 61.6 Å². The highest BCUT2D eigenvalue weighted by Gasteiger charge is 2.07. The lowest BCUT2D eigenvalue weighted by molar-refractivity contribution is 0.617. The van der Waals surface area contributed by atoms with Crippen molar-refractivity contribution in [3.8, 4) is 6.07 Å². The van der Waals surface area contributed by atoms with E-state index in [0.717, 1.165) is 9.47 Å². The summed E-state index contributed by atoms with van der Waals surface area (Å²) in [4.78, 5) is 0. The van der Waals surface area contributed by atoms with Gasteiger partial charge in [0.25, 0.3) is 0 Å². The van der Waals surface area contributed by atoms with Gasteiger partial charge in [0, 0.05) is 12.8 Å². The Bertz CT molecular complexity index is 591. The predicted molar refractivity (Wildman–Crippen MR) is 70.1 cm³/mol. The third-order valence-corrected chi connectivity index (χ3v) is 4.28. The highest BCUT2D eigenvalue weighted by molar-refractivity contribution is 8.00. The first-order chi connectivity index (χ1) is 8.72. The van der Waals surface area contributed by atoms with Crippen molar-refractivity contribution in [2.24, 2.45) is 0 Å². The molecule has 7 heteroatoms. The van der Waals surface area contributed by atoms with Gasteiger partial charge in [0.2, 0.25) is 5.13 Å². The molecule has 0 aliphatic carbocycles. The van der Waals surface area contributed by atoms with Gasteiger partial charge in [-0.2, -0.15) is 5.26 Å². The molecule has 0 saturated carbocycles. The molecule has 0 aliphatic heterocycles. The number of nitrogens with zero attached hydrogens (tertiary/aromatic N) is 3. The zero-order valence-corrected chi connectivity index (χ0v) is 11.1. The number of rotatable bonds is 4. The smallest absolute Gasteiger partial charge is 0.206 e. The molecule has 1 aromatic heterocycles. The van der Waals surface area contributed by atoms with Crippen LogP contribution < -0.4 is 5.32 Å². The summed E-state index contributed by atoms with van der Waals surface area (Å²) >= 11 is 2.84. The molecule has 0 bridgehead atoms. The van der Waals surface area contributed by atoms with Crippen LogP contribution in [0.25, 0.3) is 0 Å². The minimum Gasteiger partial charge on any atom is -0.363 e. The van der Waals surface area contributed by atoms with Gasteiger partial charge >= 0.3 is 0 Å². The van der Waals surface area contributed by atoms with Gasteiger partial charge in [-0.3, -0.25) is 0 Å². The second-order valence-electron chi connectivity index (χ2n) is 3.33. The first-order valence-corrected chi connectivity index (χ1v) is 6.85. The quantitative estimate of drug-likeness (QED) is 0.873. The van der Waals surface area contributed by atoms with Gasteiger partial charge in [0.15, 0.2) is 4.34 Å². The SMILES string of the molecule is CNc1nnc(SCc2ccc(C#N)cc2F)s1. The van der Waals surface area contributed by atoms with Crippen LogP contribution in [0.5, 0.6) is 0 Å². The second kappa shape index (κ2) is 5.80. The van der Waals surface area contributed by atoms with Crippen LogP contribution in [0.2, 0.25) is 0 Å². The zero-order chi connectivity index (χ0) is 13.0. The number of thioether (sulfide) groups is 1. The van der Waals surface area contributed by atoms with Crippen LogP contribution in [-0.2, 0) is 5.75 Å². The van der Waals surface area contributed by atoms with E-state index in [1.165, 1.54) is 29.2 Å². The molecule has 0 radical (unpaired) electrons. The molecule has 0 spiro atoms. The van der Waals surface area contributed by atoms with Gasteiger partial charge in [-0.25, -0.2) is 4.39 Å². The molecule has 4 nitrogen and oxygen atoms in total. The number of anilines is 1. The molecule has 0 fully saturated rings. The summed E-state index contributed by atoms with van der Waals surface area (Å²) in [7, 11) is 1.77. The van der Waals surface area contributed by atoms with Crippen LogP contribution in [0, 0.1) is 17.1 Å². The Labute approximate surface area is 112 Å². The third-order valence-electron chi connectivity index (χ3n) is 2.15. The van der Waals surface area contributed by atoms with Gasteiger partial charge in [0.05, 0.1) is 11.6 Å². The van der Waals surface area contributed by atoms with Crippen molar-refractivity contribution in [2.75, 3.05) is 12.4 Å². The minimum atomic E-state index is -0.361. The Morgan fingerprint density at radius 2 is 2.33 bits per heavy atom. The van der Waals surface area contributed by atoms with Crippen molar-refractivity contribution in [2.45, 2.75) is 10.1 Å². The van der Waals surface area contributed by atoms with E-state index in [4.69, 9.17) is 5.26 Å². The molecule has 0 saturated heterocycles. The monoisotopic (exact) mass is 280 g/mol. The Morgan fingerprint density at radius 1 is 1.50 bits per heavy atom. The van der Waals surface area contributed by atoms with E-state index in [0.29, 0.717) is 16.9 Å². The summed E-state index contributed by atoms with van der Waals surface area (Å²) in [5, 5.41) is 20.1. The van der Waals surface area contributed by atoms with Gasteiger partial charge in [-0.15, -0.1) is 10.2 Å². The highest BCUT2D eigenvalue weighted by Crippen LogP contribution is 2.28. The molecule has 92 valence electrons. The maximum atomic E-state index is 13.6. The Kier molecular flexibility index (Phi) is 4.12. The fraction of sp³-hybridized carbons (Fsp3) is 0.182. The van der Waals surface area contributed by atoms with Gasteiger partial charge < -0.3 is 5.32 Å².